The summed E-state index contributed by atoms with van der Waals surface area (Å²) in [7, 11) is 0. The number of hydrogen-bond donors (Lipinski definition) is 2. The van der Waals surface area contributed by atoms with Crippen molar-refractivity contribution in [2.24, 2.45) is 0 Å². The number of aliphatic hydroxyl groups excluding tert-OH is 1. The Morgan fingerprint density at radius 3 is 3.00 bits per heavy atom. The van der Waals surface area contributed by atoms with Crippen LogP contribution in [0, 0.1) is 6.92 Å². The number of carbonyl (C=O) groups excluding carboxylic acids is 1. The number of alkyl carbamates (subject to hydrolysis) is 1. The third kappa shape index (κ3) is 3.49. The Morgan fingerprint density at radius 2 is 2.43 bits per heavy atom. The van der Waals surface area contributed by atoms with Crippen molar-refractivity contribution >= 4 is 6.09 Å². The van der Waals surface area contributed by atoms with Gasteiger partial charge in [0.2, 0.25) is 0 Å². The molecule has 0 saturated heterocycles. The second kappa shape index (κ2) is 5.29. The van der Waals surface area contributed by atoms with E-state index in [4.69, 9.17) is 9.52 Å². The maximum atomic E-state index is 10.9. The van der Waals surface area contributed by atoms with Crippen LogP contribution in [0.5, 0.6) is 0 Å². The van der Waals surface area contributed by atoms with Gasteiger partial charge in [-0.15, -0.1) is 0 Å². The van der Waals surface area contributed by atoms with Crippen molar-refractivity contribution < 1.29 is 19.1 Å². The number of rotatable bonds is 4. The van der Waals surface area contributed by atoms with E-state index in [-0.39, 0.29) is 19.8 Å². The second-order valence-electron chi connectivity index (χ2n) is 2.73. The molecular formula is C9H13NO4. The molecule has 1 heterocycles. The van der Waals surface area contributed by atoms with Gasteiger partial charge in [-0.05, 0) is 19.1 Å². The van der Waals surface area contributed by atoms with Crippen LogP contribution in [0.4, 0.5) is 4.79 Å². The topological polar surface area (TPSA) is 71.7 Å². The van der Waals surface area contributed by atoms with Crippen LogP contribution in [0.1, 0.15) is 11.5 Å². The first-order valence-electron chi connectivity index (χ1n) is 4.29. The molecule has 0 fully saturated rings. The summed E-state index contributed by atoms with van der Waals surface area (Å²) in [6, 6.07) is 3.59. The summed E-state index contributed by atoms with van der Waals surface area (Å²) in [5, 5.41) is 10.9. The maximum Gasteiger partial charge on any atom is 0.407 e. The first-order chi connectivity index (χ1) is 6.72. The van der Waals surface area contributed by atoms with Gasteiger partial charge in [-0.25, -0.2) is 4.79 Å². The van der Waals surface area contributed by atoms with Crippen LogP contribution >= 0.6 is 0 Å². The summed E-state index contributed by atoms with van der Waals surface area (Å²) in [5.41, 5.74) is 0. The lowest BCUT2D eigenvalue weighted by Crippen LogP contribution is -2.24. The highest BCUT2D eigenvalue weighted by Gasteiger charge is 2.03. The molecule has 0 radical (unpaired) electrons. The normalized spacial score (nSPS) is 9.86. The molecule has 5 heteroatoms. The minimum atomic E-state index is -0.562. The van der Waals surface area contributed by atoms with Crippen molar-refractivity contribution in [1.82, 2.24) is 5.32 Å². The van der Waals surface area contributed by atoms with Gasteiger partial charge >= 0.3 is 6.09 Å². The Morgan fingerprint density at radius 1 is 1.64 bits per heavy atom. The summed E-state index contributed by atoms with van der Waals surface area (Å²) >= 11 is 0. The Labute approximate surface area is 81.7 Å². The summed E-state index contributed by atoms with van der Waals surface area (Å²) < 4.78 is 9.80. The number of nitrogens with one attached hydrogen (secondary N) is 1. The van der Waals surface area contributed by atoms with E-state index in [9.17, 15) is 4.79 Å². The molecule has 0 bridgehead atoms. The van der Waals surface area contributed by atoms with Crippen LogP contribution in [0.3, 0.4) is 0 Å². The first-order valence-corrected chi connectivity index (χ1v) is 4.29. The molecule has 0 aliphatic rings. The Kier molecular flexibility index (Phi) is 4.00. The molecule has 1 rings (SSSR count). The summed E-state index contributed by atoms with van der Waals surface area (Å²) in [6.07, 6.45) is -0.562. The smallest absolute Gasteiger partial charge is 0.407 e. The van der Waals surface area contributed by atoms with E-state index in [0.717, 1.165) is 5.76 Å². The molecule has 0 atom stereocenters. The molecule has 14 heavy (non-hydrogen) atoms. The van der Waals surface area contributed by atoms with Gasteiger partial charge in [0, 0.05) is 0 Å². The molecule has 0 saturated carbocycles. The average Bonchev–Trinajstić information content (AvgIpc) is 2.58. The fourth-order valence-electron chi connectivity index (χ4n) is 0.929. The lowest BCUT2D eigenvalue weighted by molar-refractivity contribution is 0.118. The van der Waals surface area contributed by atoms with Crippen LogP contribution < -0.4 is 5.32 Å². The third-order valence-electron chi connectivity index (χ3n) is 1.53. The molecule has 0 spiro atoms. The van der Waals surface area contributed by atoms with Crippen molar-refractivity contribution in [3.05, 3.63) is 23.7 Å². The quantitative estimate of drug-likeness (QED) is 0.752. The molecule has 1 aromatic heterocycles. The van der Waals surface area contributed by atoms with Crippen molar-refractivity contribution in [1.29, 1.82) is 0 Å². The van der Waals surface area contributed by atoms with Gasteiger partial charge in [0.1, 0.15) is 18.1 Å². The maximum absolute atomic E-state index is 10.9. The van der Waals surface area contributed by atoms with Gasteiger partial charge < -0.3 is 19.6 Å². The number of carbonyl (C=O) groups is 1. The predicted molar refractivity (Wildman–Crippen MR) is 48.7 cm³/mol. The van der Waals surface area contributed by atoms with Crippen LogP contribution in [0.2, 0.25) is 0 Å². The van der Waals surface area contributed by atoms with E-state index in [1.54, 1.807) is 6.07 Å². The van der Waals surface area contributed by atoms with Crippen LogP contribution in [-0.2, 0) is 11.3 Å². The molecule has 5 nitrogen and oxygen atoms in total. The highest BCUT2D eigenvalue weighted by molar-refractivity contribution is 5.66. The van der Waals surface area contributed by atoms with Gasteiger partial charge in [-0.2, -0.15) is 0 Å². The lowest BCUT2D eigenvalue weighted by Gasteiger charge is -2.03. The van der Waals surface area contributed by atoms with E-state index in [1.165, 1.54) is 0 Å². The van der Waals surface area contributed by atoms with Gasteiger partial charge in [-0.3, -0.25) is 0 Å². The van der Waals surface area contributed by atoms with Crippen molar-refractivity contribution in [3.8, 4) is 0 Å². The molecule has 0 aromatic carbocycles. The van der Waals surface area contributed by atoms with Crippen LogP contribution in [0.25, 0.3) is 0 Å². The van der Waals surface area contributed by atoms with E-state index < -0.39 is 6.09 Å². The number of ether oxygens (including phenoxy) is 1. The zero-order chi connectivity index (χ0) is 10.4. The summed E-state index contributed by atoms with van der Waals surface area (Å²) in [5.74, 6) is 1.47. The Bertz CT molecular complexity index is 295. The summed E-state index contributed by atoms with van der Waals surface area (Å²) in [6.45, 7) is 1.95. The molecule has 1 amide bonds. The van der Waals surface area contributed by atoms with Crippen molar-refractivity contribution in [2.45, 2.75) is 13.5 Å². The van der Waals surface area contributed by atoms with Crippen molar-refractivity contribution in [3.63, 3.8) is 0 Å². The molecule has 0 aliphatic carbocycles. The average molecular weight is 199 g/mol. The number of hydrogen-bond acceptors (Lipinski definition) is 4. The van der Waals surface area contributed by atoms with E-state index in [0.29, 0.717) is 5.76 Å². The van der Waals surface area contributed by atoms with Crippen LogP contribution in [-0.4, -0.2) is 24.4 Å². The van der Waals surface area contributed by atoms with E-state index >= 15 is 0 Å². The first kappa shape index (κ1) is 10.6. The Balaban J connectivity index is 2.23. The number of aryl methyl sites for hydroxylation is 1. The van der Waals surface area contributed by atoms with E-state index in [2.05, 4.69) is 10.1 Å². The lowest BCUT2D eigenvalue weighted by atomic mass is 10.4. The Hall–Kier alpha value is -1.49. The zero-order valence-corrected chi connectivity index (χ0v) is 7.95. The second-order valence-corrected chi connectivity index (χ2v) is 2.73. The molecule has 2 N–H and O–H groups in total. The minimum absolute atomic E-state index is 0.00299. The molecule has 0 unspecified atom stereocenters. The fourth-order valence-corrected chi connectivity index (χ4v) is 0.929. The largest absolute Gasteiger partial charge is 0.465 e. The zero-order valence-electron chi connectivity index (χ0n) is 7.95. The van der Waals surface area contributed by atoms with Crippen LogP contribution in [0.15, 0.2) is 16.5 Å². The SMILES string of the molecule is Cc1ccc(CNC(=O)OCCO)o1. The predicted octanol–water partition coefficient (Wildman–Crippen LogP) is 0.807. The van der Waals surface area contributed by atoms with Gasteiger partial charge in [0.05, 0.1) is 13.2 Å². The fraction of sp³-hybridized carbons (Fsp3) is 0.444. The molecule has 78 valence electrons. The highest BCUT2D eigenvalue weighted by atomic mass is 16.6. The van der Waals surface area contributed by atoms with Gasteiger partial charge in [-0.1, -0.05) is 0 Å². The molecule has 1 aromatic rings. The summed E-state index contributed by atoms with van der Waals surface area (Å²) in [4.78, 5) is 10.9. The number of aliphatic hydroxyl groups is 1. The monoisotopic (exact) mass is 199 g/mol. The van der Waals surface area contributed by atoms with Gasteiger partial charge in [0.15, 0.2) is 0 Å². The van der Waals surface area contributed by atoms with Crippen molar-refractivity contribution in [2.75, 3.05) is 13.2 Å². The number of amides is 1. The third-order valence-corrected chi connectivity index (χ3v) is 1.53. The highest BCUT2D eigenvalue weighted by Crippen LogP contribution is 2.05. The molecular weight excluding hydrogens is 186 g/mol. The number of furan rings is 1. The molecule has 0 aliphatic heterocycles. The van der Waals surface area contributed by atoms with E-state index in [1.807, 2.05) is 13.0 Å². The minimum Gasteiger partial charge on any atom is -0.465 e. The van der Waals surface area contributed by atoms with Gasteiger partial charge in [0.25, 0.3) is 0 Å². The standard InChI is InChI=1S/C9H13NO4/c1-7-2-3-8(14-7)6-10-9(12)13-5-4-11/h2-3,11H,4-6H2,1H3,(H,10,12).